The van der Waals surface area contributed by atoms with Gasteiger partial charge in [-0.25, -0.2) is 8.42 Å². The van der Waals surface area contributed by atoms with Crippen LogP contribution in [0.25, 0.3) is 6.08 Å². The van der Waals surface area contributed by atoms with Crippen molar-refractivity contribution < 1.29 is 13.2 Å². The maximum Gasteiger partial charge on any atom is 0.270 e. The first-order chi connectivity index (χ1) is 16.6. The number of amides is 1. The Morgan fingerprint density at radius 1 is 1.23 bits per heavy atom. The Balaban J connectivity index is 1.84. The molecule has 1 unspecified atom stereocenters. The fourth-order valence-electron chi connectivity index (χ4n) is 5.04. The lowest BCUT2D eigenvalue weighted by Gasteiger charge is -2.35. The first-order valence-electron chi connectivity index (χ1n) is 12.0. The summed E-state index contributed by atoms with van der Waals surface area (Å²) in [5, 5.41) is 9.79. The van der Waals surface area contributed by atoms with Gasteiger partial charge in [0.15, 0.2) is 9.84 Å². The number of hydrogen-bond acceptors (Lipinski definition) is 8. The summed E-state index contributed by atoms with van der Waals surface area (Å²) in [6.45, 7) is 8.00. The van der Waals surface area contributed by atoms with E-state index in [1.54, 1.807) is 17.6 Å². The maximum atomic E-state index is 13.4. The summed E-state index contributed by atoms with van der Waals surface area (Å²) in [5.74, 6) is 1.00. The number of nitriles is 1. The van der Waals surface area contributed by atoms with Crippen LogP contribution < -0.4 is 10.5 Å². The number of sulfone groups is 1. The lowest BCUT2D eigenvalue weighted by molar-refractivity contribution is -0.123. The van der Waals surface area contributed by atoms with Gasteiger partial charge in [-0.05, 0) is 50.2 Å². The van der Waals surface area contributed by atoms with Crippen molar-refractivity contribution in [3.8, 4) is 6.07 Å². The van der Waals surface area contributed by atoms with E-state index in [9.17, 15) is 23.3 Å². The lowest BCUT2D eigenvalue weighted by Crippen LogP contribution is -2.39. The highest BCUT2D eigenvalue weighted by molar-refractivity contribution is 8.26. The minimum atomic E-state index is -3.18. The van der Waals surface area contributed by atoms with E-state index in [0.717, 1.165) is 49.9 Å². The van der Waals surface area contributed by atoms with Gasteiger partial charge in [-0.15, -0.1) is 0 Å². The molecule has 188 valence electrons. The van der Waals surface area contributed by atoms with Crippen molar-refractivity contribution in [2.75, 3.05) is 29.5 Å². The van der Waals surface area contributed by atoms with Crippen molar-refractivity contribution in [1.29, 1.82) is 5.26 Å². The number of carbonyl (C=O) groups is 1. The summed E-state index contributed by atoms with van der Waals surface area (Å²) < 4.78 is 26.0. The minimum Gasteiger partial charge on any atom is -0.357 e. The lowest BCUT2D eigenvalue weighted by atomic mass is 9.97. The number of thiocarbonyl (C=S) groups is 1. The topological polar surface area (TPSA) is 103 Å². The van der Waals surface area contributed by atoms with Gasteiger partial charge < -0.3 is 4.90 Å². The molecule has 0 radical (unpaired) electrons. The normalized spacial score (nSPS) is 23.9. The molecule has 3 aliphatic heterocycles. The predicted octanol–water partition coefficient (Wildman–Crippen LogP) is 3.06. The van der Waals surface area contributed by atoms with E-state index in [1.165, 1.54) is 4.90 Å². The Labute approximate surface area is 215 Å². The van der Waals surface area contributed by atoms with Crippen LogP contribution in [0, 0.1) is 24.2 Å². The zero-order valence-corrected chi connectivity index (χ0v) is 22.7. The second-order valence-corrected chi connectivity index (χ2v) is 13.5. The minimum absolute atomic E-state index is 0.0535. The molecule has 1 aromatic rings. The van der Waals surface area contributed by atoms with Crippen LogP contribution in [0.4, 0.5) is 5.82 Å². The van der Waals surface area contributed by atoms with Crippen molar-refractivity contribution in [3.63, 3.8) is 0 Å². The first-order valence-corrected chi connectivity index (χ1v) is 15.0. The number of anilines is 1. The van der Waals surface area contributed by atoms with Crippen LogP contribution in [-0.4, -0.2) is 58.7 Å². The standard InChI is InChI=1S/C24H30N4O4S3/c1-4-8-27-21(26-9-5-15(2)6-10-26)18(16(3)19(13-25)22(27)29)12-20-23(30)28(24(33)34-20)17-7-11-35(31,32)14-17/h12,15,17H,4-11,14H2,1-3H3/b20-12+. The van der Waals surface area contributed by atoms with Crippen LogP contribution in [0.5, 0.6) is 0 Å². The maximum absolute atomic E-state index is 13.4. The highest BCUT2D eigenvalue weighted by atomic mass is 32.2. The zero-order chi connectivity index (χ0) is 25.5. The summed E-state index contributed by atoms with van der Waals surface area (Å²) in [7, 11) is -3.18. The Morgan fingerprint density at radius 3 is 2.49 bits per heavy atom. The van der Waals surface area contributed by atoms with Crippen molar-refractivity contribution in [1.82, 2.24) is 9.47 Å². The largest absolute Gasteiger partial charge is 0.357 e. The van der Waals surface area contributed by atoms with Crippen LogP contribution in [-0.2, 0) is 21.2 Å². The number of carbonyl (C=O) groups excluding carboxylic acids is 1. The summed E-state index contributed by atoms with van der Waals surface area (Å²) in [4.78, 5) is 30.7. The Bertz CT molecular complexity index is 1300. The average Bonchev–Trinajstić information content (AvgIpc) is 3.30. The van der Waals surface area contributed by atoms with Gasteiger partial charge in [0.1, 0.15) is 21.8 Å². The number of pyridine rings is 1. The van der Waals surface area contributed by atoms with Crippen LogP contribution >= 0.6 is 24.0 Å². The molecule has 0 aromatic carbocycles. The van der Waals surface area contributed by atoms with E-state index in [0.29, 0.717) is 39.2 Å². The highest BCUT2D eigenvalue weighted by Crippen LogP contribution is 2.39. The molecule has 3 saturated heterocycles. The third-order valence-corrected chi connectivity index (χ3v) is 10.1. The van der Waals surface area contributed by atoms with Gasteiger partial charge >= 0.3 is 0 Å². The summed E-state index contributed by atoms with van der Waals surface area (Å²) in [6.07, 6.45) is 4.84. The van der Waals surface area contributed by atoms with E-state index in [-0.39, 0.29) is 28.5 Å². The SMILES string of the molecule is CCCn1c(N2CCC(C)CC2)c(/C=C2/SC(=S)N(C3CCS(=O)(=O)C3)C2=O)c(C)c(C#N)c1=O. The molecule has 1 atom stereocenters. The van der Waals surface area contributed by atoms with Crippen LogP contribution in [0.3, 0.4) is 0 Å². The zero-order valence-electron chi connectivity index (χ0n) is 20.2. The molecule has 0 N–H and O–H groups in total. The Hall–Kier alpha value is -2.16. The molecule has 4 rings (SSSR count). The number of nitrogens with zero attached hydrogens (tertiary/aromatic N) is 4. The molecule has 4 heterocycles. The van der Waals surface area contributed by atoms with E-state index in [4.69, 9.17) is 12.2 Å². The highest BCUT2D eigenvalue weighted by Gasteiger charge is 2.42. The molecule has 0 saturated carbocycles. The number of aromatic nitrogens is 1. The van der Waals surface area contributed by atoms with E-state index in [2.05, 4.69) is 17.9 Å². The molecular formula is C24H30N4O4S3. The second kappa shape index (κ2) is 10.1. The van der Waals surface area contributed by atoms with Gasteiger partial charge in [-0.3, -0.25) is 19.1 Å². The number of thioether (sulfide) groups is 1. The van der Waals surface area contributed by atoms with Crippen LogP contribution in [0.2, 0.25) is 0 Å². The third kappa shape index (κ3) is 4.93. The van der Waals surface area contributed by atoms with Gasteiger partial charge in [0.25, 0.3) is 11.5 Å². The second-order valence-electron chi connectivity index (χ2n) is 9.58. The third-order valence-electron chi connectivity index (χ3n) is 7.05. The fraction of sp³-hybridized carbons (Fsp3) is 0.583. The quantitative estimate of drug-likeness (QED) is 0.419. The number of piperidine rings is 1. The van der Waals surface area contributed by atoms with E-state index >= 15 is 0 Å². The molecule has 1 amide bonds. The Morgan fingerprint density at radius 2 is 1.91 bits per heavy atom. The summed E-state index contributed by atoms with van der Waals surface area (Å²) in [6, 6.07) is 1.62. The van der Waals surface area contributed by atoms with Crippen molar-refractivity contribution in [2.24, 2.45) is 5.92 Å². The molecule has 3 fully saturated rings. The molecule has 8 nitrogen and oxygen atoms in total. The molecule has 35 heavy (non-hydrogen) atoms. The molecule has 3 aliphatic rings. The number of hydrogen-bond donors (Lipinski definition) is 0. The van der Waals surface area contributed by atoms with Crippen LogP contribution in [0.1, 0.15) is 56.2 Å². The molecule has 0 bridgehead atoms. The monoisotopic (exact) mass is 534 g/mol. The van der Waals surface area contributed by atoms with Gasteiger partial charge in [-0.2, -0.15) is 5.26 Å². The van der Waals surface area contributed by atoms with Gasteiger partial charge in [-0.1, -0.05) is 37.8 Å². The van der Waals surface area contributed by atoms with E-state index < -0.39 is 15.9 Å². The number of rotatable bonds is 5. The van der Waals surface area contributed by atoms with Crippen molar-refractivity contribution in [2.45, 2.75) is 59.0 Å². The van der Waals surface area contributed by atoms with Crippen molar-refractivity contribution >= 4 is 55.9 Å². The molecular weight excluding hydrogens is 504 g/mol. The van der Waals surface area contributed by atoms with Gasteiger partial charge in [0, 0.05) is 25.2 Å². The van der Waals surface area contributed by atoms with Crippen LogP contribution in [0.15, 0.2) is 9.70 Å². The van der Waals surface area contributed by atoms with Crippen molar-refractivity contribution in [3.05, 3.63) is 31.9 Å². The molecule has 0 aliphatic carbocycles. The smallest absolute Gasteiger partial charge is 0.270 e. The molecule has 11 heteroatoms. The van der Waals surface area contributed by atoms with Gasteiger partial charge in [0.2, 0.25) is 0 Å². The summed E-state index contributed by atoms with van der Waals surface area (Å²) >= 11 is 6.63. The molecule has 0 spiro atoms. The predicted molar refractivity (Wildman–Crippen MR) is 143 cm³/mol. The van der Waals surface area contributed by atoms with E-state index in [1.807, 2.05) is 6.92 Å². The molecule has 1 aromatic heterocycles. The fourth-order valence-corrected chi connectivity index (χ4v) is 8.12. The summed E-state index contributed by atoms with van der Waals surface area (Å²) in [5.41, 5.74) is 1.01. The Kier molecular flexibility index (Phi) is 7.46. The average molecular weight is 535 g/mol. The first kappa shape index (κ1) is 25.9. The van der Waals surface area contributed by atoms with Gasteiger partial charge in [0.05, 0.1) is 22.5 Å².